The van der Waals surface area contributed by atoms with Gasteiger partial charge in [0, 0.05) is 7.11 Å². The molecule has 0 heterocycles. The Kier molecular flexibility index (Phi) is 4.54. The van der Waals surface area contributed by atoms with E-state index in [4.69, 9.17) is 9.57 Å². The van der Waals surface area contributed by atoms with Crippen LogP contribution in [-0.4, -0.2) is 24.7 Å². The lowest BCUT2D eigenvalue weighted by Crippen LogP contribution is -2.35. The quantitative estimate of drug-likeness (QED) is 0.711. The third-order valence-electron chi connectivity index (χ3n) is 2.78. The molecule has 0 bridgehead atoms. The first kappa shape index (κ1) is 12.5. The maximum absolute atomic E-state index is 11.5. The first-order valence-electron chi connectivity index (χ1n) is 5.53. The minimum absolute atomic E-state index is 0.117. The molecule has 4 heteroatoms. The SMILES string of the molecule is COC(C)(C)CC(=O)NOC1CCCC1. The highest BCUT2D eigenvalue weighted by Gasteiger charge is 2.22. The summed E-state index contributed by atoms with van der Waals surface area (Å²) in [5.41, 5.74) is 2.07. The molecule has 88 valence electrons. The van der Waals surface area contributed by atoms with Gasteiger partial charge in [-0.15, -0.1) is 0 Å². The number of methoxy groups -OCH3 is 1. The predicted octanol–water partition coefficient (Wildman–Crippen LogP) is 1.79. The van der Waals surface area contributed by atoms with Crippen LogP contribution in [-0.2, 0) is 14.4 Å². The third-order valence-corrected chi connectivity index (χ3v) is 2.78. The molecule has 1 amide bonds. The zero-order valence-corrected chi connectivity index (χ0v) is 9.84. The summed E-state index contributed by atoms with van der Waals surface area (Å²) in [6, 6.07) is 0. The molecule has 0 aromatic rings. The van der Waals surface area contributed by atoms with Crippen molar-refractivity contribution in [1.82, 2.24) is 5.48 Å². The first-order valence-corrected chi connectivity index (χ1v) is 5.53. The van der Waals surface area contributed by atoms with Crippen molar-refractivity contribution in [3.63, 3.8) is 0 Å². The number of carbonyl (C=O) groups excluding carboxylic acids is 1. The van der Waals surface area contributed by atoms with Gasteiger partial charge in [-0.05, 0) is 26.7 Å². The molecule has 1 aliphatic rings. The summed E-state index contributed by atoms with van der Waals surface area (Å²) in [6.07, 6.45) is 5.02. The second-order valence-electron chi connectivity index (χ2n) is 4.69. The molecule has 1 saturated carbocycles. The molecule has 0 aromatic heterocycles. The summed E-state index contributed by atoms with van der Waals surface area (Å²) < 4.78 is 5.16. The van der Waals surface area contributed by atoms with E-state index in [9.17, 15) is 4.79 Å². The topological polar surface area (TPSA) is 47.6 Å². The first-order chi connectivity index (χ1) is 7.03. The van der Waals surface area contributed by atoms with Gasteiger partial charge < -0.3 is 4.74 Å². The van der Waals surface area contributed by atoms with Gasteiger partial charge in [0.05, 0.1) is 18.1 Å². The summed E-state index contributed by atoms with van der Waals surface area (Å²) in [5.74, 6) is -0.117. The Morgan fingerprint density at radius 1 is 1.40 bits per heavy atom. The molecule has 0 radical (unpaired) electrons. The Labute approximate surface area is 91.3 Å². The molecule has 1 N–H and O–H groups in total. The van der Waals surface area contributed by atoms with E-state index in [0.29, 0.717) is 6.42 Å². The van der Waals surface area contributed by atoms with Crippen molar-refractivity contribution in [2.24, 2.45) is 0 Å². The van der Waals surface area contributed by atoms with Crippen LogP contribution in [0.1, 0.15) is 46.0 Å². The van der Waals surface area contributed by atoms with Crippen molar-refractivity contribution in [3.05, 3.63) is 0 Å². The van der Waals surface area contributed by atoms with Gasteiger partial charge in [0.2, 0.25) is 5.91 Å². The number of hydrogen-bond acceptors (Lipinski definition) is 3. The van der Waals surface area contributed by atoms with Gasteiger partial charge in [-0.3, -0.25) is 9.63 Å². The standard InChI is InChI=1S/C11H21NO3/c1-11(2,14-3)8-10(13)12-15-9-6-4-5-7-9/h9H,4-8H2,1-3H3,(H,12,13). The van der Waals surface area contributed by atoms with Crippen molar-refractivity contribution in [2.45, 2.75) is 57.7 Å². The highest BCUT2D eigenvalue weighted by atomic mass is 16.7. The number of hydrogen-bond donors (Lipinski definition) is 1. The van der Waals surface area contributed by atoms with Crippen molar-refractivity contribution in [1.29, 1.82) is 0 Å². The Morgan fingerprint density at radius 2 is 2.00 bits per heavy atom. The van der Waals surface area contributed by atoms with Gasteiger partial charge >= 0.3 is 0 Å². The molecule has 0 unspecified atom stereocenters. The molecular weight excluding hydrogens is 194 g/mol. The van der Waals surface area contributed by atoms with Crippen LogP contribution in [0.25, 0.3) is 0 Å². The molecule has 1 fully saturated rings. The highest BCUT2D eigenvalue weighted by Crippen LogP contribution is 2.20. The number of nitrogens with one attached hydrogen (secondary N) is 1. The summed E-state index contributed by atoms with van der Waals surface area (Å²) in [4.78, 5) is 16.8. The Hall–Kier alpha value is -0.610. The molecule has 4 nitrogen and oxygen atoms in total. The van der Waals surface area contributed by atoms with E-state index < -0.39 is 5.60 Å². The van der Waals surface area contributed by atoms with Crippen LogP contribution in [0.3, 0.4) is 0 Å². The molecule has 0 atom stereocenters. The molecule has 0 saturated heterocycles. The van der Waals surface area contributed by atoms with Crippen LogP contribution in [0.4, 0.5) is 0 Å². The highest BCUT2D eigenvalue weighted by molar-refractivity contribution is 5.75. The van der Waals surface area contributed by atoms with E-state index in [-0.39, 0.29) is 12.0 Å². The predicted molar refractivity (Wildman–Crippen MR) is 57.2 cm³/mol. The van der Waals surface area contributed by atoms with Gasteiger partial charge in [-0.25, -0.2) is 5.48 Å². The molecule has 15 heavy (non-hydrogen) atoms. The van der Waals surface area contributed by atoms with E-state index in [2.05, 4.69) is 5.48 Å². The maximum Gasteiger partial charge on any atom is 0.246 e. The van der Waals surface area contributed by atoms with Gasteiger partial charge in [0.15, 0.2) is 0 Å². The lowest BCUT2D eigenvalue weighted by Gasteiger charge is -2.22. The van der Waals surface area contributed by atoms with E-state index in [1.807, 2.05) is 13.8 Å². The summed E-state index contributed by atoms with van der Waals surface area (Å²) >= 11 is 0. The molecule has 0 aliphatic heterocycles. The van der Waals surface area contributed by atoms with Crippen LogP contribution >= 0.6 is 0 Å². The molecule has 1 rings (SSSR count). The second kappa shape index (κ2) is 5.47. The number of amides is 1. The Bertz CT molecular complexity index is 210. The van der Waals surface area contributed by atoms with Crippen LogP contribution < -0.4 is 5.48 Å². The fourth-order valence-electron chi connectivity index (χ4n) is 1.65. The average Bonchev–Trinajstić information content (AvgIpc) is 2.66. The van der Waals surface area contributed by atoms with Gasteiger partial charge in [-0.2, -0.15) is 0 Å². The average molecular weight is 215 g/mol. The molecule has 0 spiro atoms. The van der Waals surface area contributed by atoms with Crippen LogP contribution in [0.15, 0.2) is 0 Å². The minimum atomic E-state index is -0.427. The van der Waals surface area contributed by atoms with Crippen LogP contribution in [0.2, 0.25) is 0 Å². The maximum atomic E-state index is 11.5. The summed E-state index contributed by atoms with van der Waals surface area (Å²) in [7, 11) is 1.60. The van der Waals surface area contributed by atoms with Gasteiger partial charge in [0.1, 0.15) is 0 Å². The number of carbonyl (C=O) groups is 1. The smallest absolute Gasteiger partial charge is 0.246 e. The zero-order chi connectivity index (χ0) is 11.3. The third kappa shape index (κ3) is 4.62. The second-order valence-corrected chi connectivity index (χ2v) is 4.69. The monoisotopic (exact) mass is 215 g/mol. The minimum Gasteiger partial charge on any atom is -0.378 e. The number of hydroxylamine groups is 1. The Balaban J connectivity index is 2.18. The summed E-state index contributed by atoms with van der Waals surface area (Å²) in [5, 5.41) is 0. The molecule has 0 aromatic carbocycles. The van der Waals surface area contributed by atoms with E-state index in [0.717, 1.165) is 12.8 Å². The van der Waals surface area contributed by atoms with Crippen LogP contribution in [0.5, 0.6) is 0 Å². The van der Waals surface area contributed by atoms with Crippen LogP contribution in [0, 0.1) is 0 Å². The fraction of sp³-hybridized carbons (Fsp3) is 0.909. The van der Waals surface area contributed by atoms with Crippen molar-refractivity contribution < 1.29 is 14.4 Å². The largest absolute Gasteiger partial charge is 0.378 e. The van der Waals surface area contributed by atoms with E-state index >= 15 is 0 Å². The van der Waals surface area contributed by atoms with Crippen molar-refractivity contribution in [3.8, 4) is 0 Å². The van der Waals surface area contributed by atoms with Gasteiger partial charge in [0.25, 0.3) is 0 Å². The summed E-state index contributed by atoms with van der Waals surface area (Å²) in [6.45, 7) is 3.75. The Morgan fingerprint density at radius 3 is 2.53 bits per heavy atom. The molecule has 1 aliphatic carbocycles. The lowest BCUT2D eigenvalue weighted by molar-refractivity contribution is -0.143. The number of rotatable bonds is 5. The van der Waals surface area contributed by atoms with Gasteiger partial charge in [-0.1, -0.05) is 12.8 Å². The normalized spacial score (nSPS) is 18.1. The lowest BCUT2D eigenvalue weighted by atomic mass is 10.1. The zero-order valence-electron chi connectivity index (χ0n) is 9.84. The van der Waals surface area contributed by atoms with Crippen molar-refractivity contribution >= 4 is 5.91 Å². The molecular formula is C11H21NO3. The fourth-order valence-corrected chi connectivity index (χ4v) is 1.65. The van der Waals surface area contributed by atoms with E-state index in [1.54, 1.807) is 7.11 Å². The number of ether oxygens (including phenoxy) is 1. The van der Waals surface area contributed by atoms with E-state index in [1.165, 1.54) is 12.8 Å². The van der Waals surface area contributed by atoms with Crippen molar-refractivity contribution in [2.75, 3.05) is 7.11 Å².